The van der Waals surface area contributed by atoms with Crippen LogP contribution in [0.25, 0.3) is 22.5 Å². The number of aliphatic hydroxyl groups excluding tert-OH is 1. The van der Waals surface area contributed by atoms with Crippen molar-refractivity contribution in [2.75, 3.05) is 0 Å². The van der Waals surface area contributed by atoms with Crippen molar-refractivity contribution in [3.63, 3.8) is 0 Å². The van der Waals surface area contributed by atoms with Gasteiger partial charge in [-0.1, -0.05) is 12.1 Å². The van der Waals surface area contributed by atoms with Crippen LogP contribution in [0.15, 0.2) is 41.5 Å². The summed E-state index contributed by atoms with van der Waals surface area (Å²) < 4.78 is 39.9. The number of pyridine rings is 1. The lowest BCUT2D eigenvalue weighted by atomic mass is 10.0. The van der Waals surface area contributed by atoms with E-state index in [0.29, 0.717) is 0 Å². The standard InChI is InChI=1S/C17H12F3N3O4/c18-17(19,20)10-3-1-2-9(6-10)11-7-13(25)15(12(24)4-5-14(26)27)23-16(11)21-8-22-23/h1-3,6-8,24H,4-5H2,(H,26,27)/b15-12-. The number of rotatable bonds is 4. The van der Waals surface area contributed by atoms with Gasteiger partial charge in [0.1, 0.15) is 12.1 Å². The van der Waals surface area contributed by atoms with Crippen molar-refractivity contribution in [2.45, 2.75) is 19.0 Å². The van der Waals surface area contributed by atoms with Gasteiger partial charge in [0.2, 0.25) is 5.43 Å². The fourth-order valence-corrected chi connectivity index (χ4v) is 2.64. The molecule has 0 aliphatic carbocycles. The molecule has 0 amide bonds. The number of aromatic nitrogens is 3. The van der Waals surface area contributed by atoms with Crippen LogP contribution in [0.4, 0.5) is 13.2 Å². The number of alkyl halides is 3. The number of hydrogen-bond donors (Lipinski definition) is 2. The Bertz CT molecular complexity index is 1140. The average molecular weight is 379 g/mol. The summed E-state index contributed by atoms with van der Waals surface area (Å²) in [6.45, 7) is 0. The summed E-state index contributed by atoms with van der Waals surface area (Å²) in [5.74, 6) is -1.65. The molecule has 0 radical (unpaired) electrons. The molecule has 0 atom stereocenters. The molecule has 0 bridgehead atoms. The lowest BCUT2D eigenvalue weighted by Crippen LogP contribution is -2.34. The zero-order valence-electron chi connectivity index (χ0n) is 13.6. The molecule has 2 heterocycles. The fourth-order valence-electron chi connectivity index (χ4n) is 2.64. The van der Waals surface area contributed by atoms with E-state index in [-0.39, 0.29) is 28.5 Å². The third kappa shape index (κ3) is 3.59. The van der Waals surface area contributed by atoms with Crippen LogP contribution in [-0.2, 0) is 11.0 Å². The van der Waals surface area contributed by atoms with Crippen molar-refractivity contribution < 1.29 is 28.2 Å². The highest BCUT2D eigenvalue weighted by Gasteiger charge is 2.30. The highest BCUT2D eigenvalue weighted by Crippen LogP contribution is 2.32. The zero-order valence-corrected chi connectivity index (χ0v) is 13.6. The van der Waals surface area contributed by atoms with Gasteiger partial charge in [-0.05, 0) is 23.8 Å². The van der Waals surface area contributed by atoms with Gasteiger partial charge < -0.3 is 10.2 Å². The van der Waals surface area contributed by atoms with E-state index in [2.05, 4.69) is 10.1 Å². The Kier molecular flexibility index (Phi) is 4.56. The summed E-state index contributed by atoms with van der Waals surface area (Å²) in [5, 5.41) is 22.4. The molecular weight excluding hydrogens is 367 g/mol. The maximum Gasteiger partial charge on any atom is 0.416 e. The average Bonchev–Trinajstić information content (AvgIpc) is 3.07. The second-order valence-electron chi connectivity index (χ2n) is 5.69. The molecule has 2 N–H and O–H groups in total. The fraction of sp³-hybridized carbons (Fsp3) is 0.176. The number of carbonyl (C=O) groups is 1. The van der Waals surface area contributed by atoms with Gasteiger partial charge in [-0.25, -0.2) is 9.50 Å². The maximum absolute atomic E-state index is 13.0. The smallest absolute Gasteiger partial charge is 0.416 e. The third-order valence-corrected chi connectivity index (χ3v) is 3.86. The molecule has 2 aromatic heterocycles. The maximum atomic E-state index is 13.0. The number of fused-ring (bicyclic) bond motifs is 1. The van der Waals surface area contributed by atoms with Crippen LogP contribution >= 0.6 is 0 Å². The SMILES string of the molecule is O=C(O)CC/C(O)=c1\c(=O)cc(-c2cccc(C(F)(F)F)c2)c2ncnn12. The molecule has 0 saturated carbocycles. The van der Waals surface area contributed by atoms with Gasteiger partial charge in [-0.3, -0.25) is 9.59 Å². The molecular formula is C17H12F3N3O4. The van der Waals surface area contributed by atoms with Gasteiger partial charge >= 0.3 is 12.1 Å². The highest BCUT2D eigenvalue weighted by molar-refractivity contribution is 5.77. The van der Waals surface area contributed by atoms with E-state index in [1.54, 1.807) is 0 Å². The topological polar surface area (TPSA) is 105 Å². The van der Waals surface area contributed by atoms with Crippen molar-refractivity contribution in [1.29, 1.82) is 0 Å². The van der Waals surface area contributed by atoms with Crippen LogP contribution in [0.2, 0.25) is 0 Å². The number of halogens is 3. The number of carboxylic acid groups (broad SMARTS) is 1. The first-order valence-electron chi connectivity index (χ1n) is 7.67. The number of aliphatic carboxylic acids is 1. The van der Waals surface area contributed by atoms with E-state index in [1.807, 2.05) is 0 Å². The Morgan fingerprint density at radius 2 is 1.89 bits per heavy atom. The van der Waals surface area contributed by atoms with Crippen LogP contribution in [0.3, 0.4) is 0 Å². The molecule has 0 unspecified atom stereocenters. The predicted molar refractivity (Wildman–Crippen MR) is 87.8 cm³/mol. The predicted octanol–water partition coefficient (Wildman–Crippen LogP) is 2.03. The van der Waals surface area contributed by atoms with Crippen LogP contribution < -0.4 is 10.8 Å². The first-order valence-corrected chi connectivity index (χ1v) is 7.67. The molecule has 140 valence electrons. The highest BCUT2D eigenvalue weighted by atomic mass is 19.4. The minimum atomic E-state index is -4.55. The van der Waals surface area contributed by atoms with E-state index in [0.717, 1.165) is 29.0 Å². The van der Waals surface area contributed by atoms with Gasteiger partial charge in [-0.15, -0.1) is 0 Å². The summed E-state index contributed by atoms with van der Waals surface area (Å²) in [5.41, 5.74) is -1.32. The van der Waals surface area contributed by atoms with E-state index in [9.17, 15) is 27.9 Å². The van der Waals surface area contributed by atoms with E-state index in [4.69, 9.17) is 5.11 Å². The summed E-state index contributed by atoms with van der Waals surface area (Å²) in [4.78, 5) is 27.1. The molecule has 10 heteroatoms. The Morgan fingerprint density at radius 1 is 1.15 bits per heavy atom. The van der Waals surface area contributed by atoms with Crippen LogP contribution in [0.5, 0.6) is 0 Å². The lowest BCUT2D eigenvalue weighted by Gasteiger charge is -2.09. The monoisotopic (exact) mass is 379 g/mol. The van der Waals surface area contributed by atoms with Crippen LogP contribution in [0.1, 0.15) is 18.4 Å². The normalized spacial score (nSPS) is 13.0. The zero-order chi connectivity index (χ0) is 19.8. The molecule has 7 nitrogen and oxygen atoms in total. The number of hydrogen-bond acceptors (Lipinski definition) is 5. The third-order valence-electron chi connectivity index (χ3n) is 3.86. The number of aliphatic hydroxyl groups is 1. The molecule has 3 aromatic rings. The van der Waals surface area contributed by atoms with Crippen molar-refractivity contribution in [2.24, 2.45) is 0 Å². The second kappa shape index (κ2) is 6.71. The molecule has 1 aromatic carbocycles. The van der Waals surface area contributed by atoms with Crippen molar-refractivity contribution in [1.82, 2.24) is 14.6 Å². The molecule has 0 spiro atoms. The quantitative estimate of drug-likeness (QED) is 0.719. The van der Waals surface area contributed by atoms with Gasteiger partial charge in [-0.2, -0.15) is 18.3 Å². The molecule has 0 aliphatic heterocycles. The summed E-state index contributed by atoms with van der Waals surface area (Å²) in [7, 11) is 0. The molecule has 0 fully saturated rings. The number of benzene rings is 1. The van der Waals surface area contributed by atoms with Gasteiger partial charge in [0.25, 0.3) is 0 Å². The molecule has 27 heavy (non-hydrogen) atoms. The van der Waals surface area contributed by atoms with E-state index >= 15 is 0 Å². The van der Waals surface area contributed by atoms with Gasteiger partial charge in [0.15, 0.2) is 11.0 Å². The first kappa shape index (κ1) is 18.4. The summed E-state index contributed by atoms with van der Waals surface area (Å²) in [6, 6.07) is 5.44. The molecule has 0 aliphatic rings. The van der Waals surface area contributed by atoms with Crippen molar-refractivity contribution in [3.8, 4) is 11.1 Å². The largest absolute Gasteiger partial charge is 0.510 e. The Morgan fingerprint density at radius 3 is 2.56 bits per heavy atom. The summed E-state index contributed by atoms with van der Waals surface area (Å²) in [6.07, 6.45) is -4.18. The van der Waals surface area contributed by atoms with Crippen LogP contribution in [-0.4, -0.2) is 30.8 Å². The number of carboxylic acids is 1. The lowest BCUT2D eigenvalue weighted by molar-refractivity contribution is -0.138. The Balaban J connectivity index is 2.23. The van der Waals surface area contributed by atoms with Crippen LogP contribution in [0, 0.1) is 0 Å². The molecule has 0 saturated heterocycles. The minimum absolute atomic E-state index is 0.0609. The van der Waals surface area contributed by atoms with E-state index in [1.165, 1.54) is 12.1 Å². The minimum Gasteiger partial charge on any atom is -0.510 e. The Labute approximate surface area is 149 Å². The Hall–Kier alpha value is -3.43. The first-order chi connectivity index (χ1) is 12.7. The van der Waals surface area contributed by atoms with Crippen molar-refractivity contribution >= 4 is 17.4 Å². The van der Waals surface area contributed by atoms with Crippen molar-refractivity contribution in [3.05, 3.63) is 57.8 Å². The van der Waals surface area contributed by atoms with E-state index < -0.39 is 35.3 Å². The van der Waals surface area contributed by atoms with Gasteiger partial charge in [0.05, 0.1) is 12.0 Å². The summed E-state index contributed by atoms with van der Waals surface area (Å²) >= 11 is 0. The number of nitrogens with zero attached hydrogens (tertiary/aromatic N) is 3. The van der Waals surface area contributed by atoms with Gasteiger partial charge in [0, 0.05) is 12.0 Å². The molecule has 3 rings (SSSR count). The second-order valence-corrected chi connectivity index (χ2v) is 5.69.